The fraction of sp³-hybridized carbons (Fsp3) is 0.130. The summed E-state index contributed by atoms with van der Waals surface area (Å²) in [4.78, 5) is 25.0. The Morgan fingerprint density at radius 3 is 2.34 bits per heavy atom. The van der Waals surface area contributed by atoms with Crippen LogP contribution in [0.5, 0.6) is 11.5 Å². The summed E-state index contributed by atoms with van der Waals surface area (Å²) in [5, 5.41) is 0. The zero-order valence-corrected chi connectivity index (χ0v) is 15.6. The number of para-hydroxylation sites is 2. The SMILES string of the molecule is O=C(NNC(=O)[C@@H]1COc2ccccc2O1)c1ccccc1Cc1ccccc1. The molecule has 146 valence electrons. The summed E-state index contributed by atoms with van der Waals surface area (Å²) < 4.78 is 11.2. The van der Waals surface area contributed by atoms with E-state index in [0.717, 1.165) is 11.1 Å². The molecule has 3 aromatic carbocycles. The molecule has 0 saturated heterocycles. The molecule has 4 rings (SSSR count). The molecular formula is C23H20N2O4. The molecule has 0 unspecified atom stereocenters. The van der Waals surface area contributed by atoms with Crippen molar-refractivity contribution in [1.82, 2.24) is 10.9 Å². The van der Waals surface area contributed by atoms with Gasteiger partial charge in [-0.1, -0.05) is 60.7 Å². The number of fused-ring (bicyclic) bond motifs is 1. The lowest BCUT2D eigenvalue weighted by Gasteiger charge is -2.25. The second-order valence-electron chi connectivity index (χ2n) is 6.63. The lowest BCUT2D eigenvalue weighted by molar-refractivity contribution is -0.131. The van der Waals surface area contributed by atoms with E-state index in [9.17, 15) is 9.59 Å². The molecular weight excluding hydrogens is 368 g/mol. The maximum absolute atomic E-state index is 12.6. The molecule has 29 heavy (non-hydrogen) atoms. The van der Waals surface area contributed by atoms with Gasteiger partial charge < -0.3 is 9.47 Å². The Morgan fingerprint density at radius 1 is 0.828 bits per heavy atom. The van der Waals surface area contributed by atoms with Gasteiger partial charge >= 0.3 is 0 Å². The molecule has 1 aliphatic rings. The number of hydrogen-bond acceptors (Lipinski definition) is 4. The van der Waals surface area contributed by atoms with Crippen molar-refractivity contribution in [2.45, 2.75) is 12.5 Å². The van der Waals surface area contributed by atoms with Crippen molar-refractivity contribution in [3.05, 3.63) is 95.6 Å². The van der Waals surface area contributed by atoms with Crippen LogP contribution in [0.4, 0.5) is 0 Å². The van der Waals surface area contributed by atoms with Crippen LogP contribution in [-0.2, 0) is 11.2 Å². The Morgan fingerprint density at radius 2 is 1.52 bits per heavy atom. The summed E-state index contributed by atoms with van der Waals surface area (Å²) in [6.07, 6.45) is -0.223. The minimum atomic E-state index is -0.843. The standard InChI is InChI=1S/C23H20N2O4/c26-22(18-11-5-4-10-17(18)14-16-8-2-1-3-9-16)24-25-23(27)21-15-28-19-12-6-7-13-20(19)29-21/h1-13,21H,14-15H2,(H,24,26)(H,25,27)/t21-/m0/s1. The highest BCUT2D eigenvalue weighted by Crippen LogP contribution is 2.30. The first-order valence-electron chi connectivity index (χ1n) is 9.31. The van der Waals surface area contributed by atoms with Gasteiger partial charge in [0.1, 0.15) is 6.61 Å². The summed E-state index contributed by atoms with van der Waals surface area (Å²) >= 11 is 0. The molecule has 0 spiro atoms. The molecule has 1 heterocycles. The van der Waals surface area contributed by atoms with E-state index in [4.69, 9.17) is 9.47 Å². The predicted octanol–water partition coefficient (Wildman–Crippen LogP) is 2.88. The van der Waals surface area contributed by atoms with Gasteiger partial charge in [0.15, 0.2) is 11.5 Å². The first-order chi connectivity index (χ1) is 14.2. The van der Waals surface area contributed by atoms with E-state index >= 15 is 0 Å². The van der Waals surface area contributed by atoms with Crippen molar-refractivity contribution in [1.29, 1.82) is 0 Å². The van der Waals surface area contributed by atoms with Crippen LogP contribution in [0.2, 0.25) is 0 Å². The Kier molecular flexibility index (Phi) is 5.42. The molecule has 2 N–H and O–H groups in total. The lowest BCUT2D eigenvalue weighted by Crippen LogP contribution is -2.51. The van der Waals surface area contributed by atoms with E-state index in [0.29, 0.717) is 23.5 Å². The van der Waals surface area contributed by atoms with E-state index in [1.54, 1.807) is 30.3 Å². The second kappa shape index (κ2) is 8.48. The monoisotopic (exact) mass is 388 g/mol. The minimum Gasteiger partial charge on any atom is -0.485 e. The van der Waals surface area contributed by atoms with Gasteiger partial charge in [-0.2, -0.15) is 0 Å². The molecule has 0 radical (unpaired) electrons. The average Bonchev–Trinajstić information content (AvgIpc) is 2.78. The van der Waals surface area contributed by atoms with E-state index in [1.165, 1.54) is 0 Å². The van der Waals surface area contributed by atoms with Crippen LogP contribution in [0.25, 0.3) is 0 Å². The van der Waals surface area contributed by atoms with E-state index in [2.05, 4.69) is 10.9 Å². The number of nitrogens with one attached hydrogen (secondary N) is 2. The summed E-state index contributed by atoms with van der Waals surface area (Å²) in [6, 6.07) is 24.3. The van der Waals surface area contributed by atoms with E-state index in [-0.39, 0.29) is 12.5 Å². The highest BCUT2D eigenvalue weighted by atomic mass is 16.6. The average molecular weight is 388 g/mol. The second-order valence-corrected chi connectivity index (χ2v) is 6.63. The quantitative estimate of drug-likeness (QED) is 0.674. The van der Waals surface area contributed by atoms with Crippen LogP contribution in [0.15, 0.2) is 78.9 Å². The van der Waals surface area contributed by atoms with E-state index < -0.39 is 12.0 Å². The summed E-state index contributed by atoms with van der Waals surface area (Å²) in [5.74, 6) is 0.226. The van der Waals surface area contributed by atoms with Gasteiger partial charge in [0.05, 0.1) is 0 Å². The maximum Gasteiger partial charge on any atom is 0.283 e. The first kappa shape index (κ1) is 18.6. The van der Waals surface area contributed by atoms with Gasteiger partial charge in [0, 0.05) is 5.56 Å². The molecule has 0 saturated carbocycles. The molecule has 0 fully saturated rings. The lowest BCUT2D eigenvalue weighted by atomic mass is 9.99. The number of benzene rings is 3. The predicted molar refractivity (Wildman–Crippen MR) is 108 cm³/mol. The van der Waals surface area contributed by atoms with Crippen molar-refractivity contribution in [3.8, 4) is 11.5 Å². The van der Waals surface area contributed by atoms with Crippen LogP contribution >= 0.6 is 0 Å². The molecule has 6 nitrogen and oxygen atoms in total. The molecule has 6 heteroatoms. The molecule has 0 aliphatic carbocycles. The Balaban J connectivity index is 1.38. The summed E-state index contributed by atoms with van der Waals surface area (Å²) in [5.41, 5.74) is 7.38. The van der Waals surface area contributed by atoms with Crippen LogP contribution in [0.3, 0.4) is 0 Å². The number of carbonyl (C=O) groups excluding carboxylic acids is 2. The summed E-state index contributed by atoms with van der Waals surface area (Å²) in [7, 11) is 0. The zero-order chi connectivity index (χ0) is 20.1. The highest BCUT2D eigenvalue weighted by molar-refractivity contribution is 5.97. The van der Waals surface area contributed by atoms with Crippen molar-refractivity contribution < 1.29 is 19.1 Å². The Labute approximate surface area is 168 Å². The molecule has 3 aromatic rings. The smallest absolute Gasteiger partial charge is 0.283 e. The van der Waals surface area contributed by atoms with Crippen molar-refractivity contribution in [2.24, 2.45) is 0 Å². The summed E-state index contributed by atoms with van der Waals surface area (Å²) in [6.45, 7) is 0.0727. The third-order valence-corrected chi connectivity index (χ3v) is 4.60. The van der Waals surface area contributed by atoms with Gasteiger partial charge in [0.2, 0.25) is 6.10 Å². The van der Waals surface area contributed by atoms with Crippen molar-refractivity contribution >= 4 is 11.8 Å². The van der Waals surface area contributed by atoms with Gasteiger partial charge in [0.25, 0.3) is 11.8 Å². The highest BCUT2D eigenvalue weighted by Gasteiger charge is 2.27. The normalized spacial score (nSPS) is 14.7. The number of rotatable bonds is 4. The first-order valence-corrected chi connectivity index (χ1v) is 9.31. The molecule has 0 bridgehead atoms. The number of carbonyl (C=O) groups is 2. The Hall–Kier alpha value is -3.80. The zero-order valence-electron chi connectivity index (χ0n) is 15.6. The number of hydrazine groups is 1. The van der Waals surface area contributed by atoms with Gasteiger partial charge in [-0.15, -0.1) is 0 Å². The van der Waals surface area contributed by atoms with Crippen LogP contribution < -0.4 is 20.3 Å². The number of ether oxygens (including phenoxy) is 2. The fourth-order valence-corrected chi connectivity index (χ4v) is 3.13. The van der Waals surface area contributed by atoms with Gasteiger partial charge in [-0.25, -0.2) is 0 Å². The van der Waals surface area contributed by atoms with Crippen molar-refractivity contribution in [3.63, 3.8) is 0 Å². The molecule has 1 aliphatic heterocycles. The van der Waals surface area contributed by atoms with E-state index in [1.807, 2.05) is 48.5 Å². The van der Waals surface area contributed by atoms with Crippen LogP contribution in [0, 0.1) is 0 Å². The third-order valence-electron chi connectivity index (χ3n) is 4.60. The largest absolute Gasteiger partial charge is 0.485 e. The van der Waals surface area contributed by atoms with Crippen LogP contribution in [0.1, 0.15) is 21.5 Å². The topological polar surface area (TPSA) is 76.7 Å². The van der Waals surface area contributed by atoms with Gasteiger partial charge in [-0.3, -0.25) is 20.4 Å². The molecule has 0 aromatic heterocycles. The maximum atomic E-state index is 12.6. The molecule has 2 amide bonds. The van der Waals surface area contributed by atoms with Gasteiger partial charge in [-0.05, 0) is 35.7 Å². The molecule has 1 atom stereocenters. The Bertz CT molecular complexity index is 1020. The number of amides is 2. The fourth-order valence-electron chi connectivity index (χ4n) is 3.13. The van der Waals surface area contributed by atoms with Crippen molar-refractivity contribution in [2.75, 3.05) is 6.61 Å². The number of hydrogen-bond donors (Lipinski definition) is 2. The van der Waals surface area contributed by atoms with Crippen LogP contribution in [-0.4, -0.2) is 24.5 Å². The third kappa shape index (κ3) is 4.38. The minimum absolute atomic E-state index is 0.0727.